The van der Waals surface area contributed by atoms with Crippen molar-refractivity contribution in [3.63, 3.8) is 0 Å². The van der Waals surface area contributed by atoms with Crippen LogP contribution in [-0.4, -0.2) is 35.6 Å². The molecule has 0 heterocycles. The molecule has 0 aliphatic heterocycles. The summed E-state index contributed by atoms with van der Waals surface area (Å²) in [6.45, 7) is 18.1. The summed E-state index contributed by atoms with van der Waals surface area (Å²) < 4.78 is 13.9. The Morgan fingerprint density at radius 3 is 1.71 bits per heavy atom. The van der Waals surface area contributed by atoms with Gasteiger partial charge in [-0.15, -0.1) is 0 Å². The van der Waals surface area contributed by atoms with Gasteiger partial charge in [0.2, 0.25) is 0 Å². The average molecular weight is 511 g/mol. The largest absolute Gasteiger partial charge is 0.410 e. The number of carbonyl (C=O) groups excluding carboxylic acids is 1. The second kappa shape index (κ2) is 13.0. The zero-order valence-corrected chi connectivity index (χ0v) is 25.1. The molecule has 0 saturated carbocycles. The Morgan fingerprint density at radius 2 is 1.34 bits per heavy atom. The van der Waals surface area contributed by atoms with Gasteiger partial charge >= 0.3 is 0 Å². The molecule has 192 valence electrons. The first-order chi connectivity index (χ1) is 16.6. The number of hydrogen-bond acceptors (Lipinski definition) is 3. The fourth-order valence-corrected chi connectivity index (χ4v) is 12.6. The quantitative estimate of drug-likeness (QED) is 0.170. The fourth-order valence-electron chi connectivity index (χ4n) is 5.13. The predicted octanol–water partition coefficient (Wildman–Crippen LogP) is 6.73. The van der Waals surface area contributed by atoms with Crippen LogP contribution in [0, 0.1) is 5.92 Å². The summed E-state index contributed by atoms with van der Waals surface area (Å²) in [4.78, 5) is 11.8. The average Bonchev–Trinajstić information content (AvgIpc) is 2.87. The van der Waals surface area contributed by atoms with E-state index in [9.17, 15) is 4.79 Å². The molecule has 5 heteroatoms. The molecule has 0 bridgehead atoms. The van der Waals surface area contributed by atoms with E-state index in [0.29, 0.717) is 6.61 Å². The van der Waals surface area contributed by atoms with Crippen molar-refractivity contribution in [3.05, 3.63) is 72.3 Å². The van der Waals surface area contributed by atoms with Crippen molar-refractivity contribution in [3.8, 4) is 0 Å². The number of benzene rings is 2. The molecule has 0 fully saturated rings. The van der Waals surface area contributed by atoms with E-state index in [1.54, 1.807) is 0 Å². The summed E-state index contributed by atoms with van der Waals surface area (Å²) in [5.74, 6) is -0.185. The van der Waals surface area contributed by atoms with Gasteiger partial charge in [0, 0.05) is 5.92 Å². The summed E-state index contributed by atoms with van der Waals surface area (Å²) in [6.07, 6.45) is 3.00. The Morgan fingerprint density at radius 1 is 0.886 bits per heavy atom. The molecule has 0 spiro atoms. The first-order valence-electron chi connectivity index (χ1n) is 13.2. The number of aldehydes is 1. The van der Waals surface area contributed by atoms with E-state index in [0.717, 1.165) is 30.0 Å². The highest BCUT2D eigenvalue weighted by molar-refractivity contribution is 6.99. The van der Waals surface area contributed by atoms with Gasteiger partial charge in [0.1, 0.15) is 6.29 Å². The zero-order valence-electron chi connectivity index (χ0n) is 23.1. The lowest BCUT2D eigenvalue weighted by Gasteiger charge is -2.43. The monoisotopic (exact) mass is 510 g/mol. The highest BCUT2D eigenvalue weighted by atomic mass is 28.4. The SMILES string of the molecule is CC[Si](CC)(CC)O[C@@H](/C(C)=C\CO[Si](c1ccccc1)(c1ccccc1)C(C)(C)C)[C@H](C)C=O. The van der Waals surface area contributed by atoms with Crippen molar-refractivity contribution >= 4 is 33.3 Å². The molecule has 2 atom stereocenters. The molecule has 0 aliphatic rings. The van der Waals surface area contributed by atoms with Crippen molar-refractivity contribution < 1.29 is 13.6 Å². The third kappa shape index (κ3) is 6.70. The van der Waals surface area contributed by atoms with E-state index in [4.69, 9.17) is 8.85 Å². The minimum absolute atomic E-state index is 0.0713. The van der Waals surface area contributed by atoms with Crippen LogP contribution in [0.5, 0.6) is 0 Å². The Hall–Kier alpha value is -1.80. The smallest absolute Gasteiger partial charge is 0.261 e. The summed E-state index contributed by atoms with van der Waals surface area (Å²) in [5, 5.41) is 2.47. The van der Waals surface area contributed by atoms with Gasteiger partial charge in [-0.3, -0.25) is 0 Å². The number of carbonyl (C=O) groups is 1. The van der Waals surface area contributed by atoms with Crippen LogP contribution in [0.25, 0.3) is 0 Å². The van der Waals surface area contributed by atoms with E-state index >= 15 is 0 Å². The van der Waals surface area contributed by atoms with Crippen molar-refractivity contribution in [2.45, 2.75) is 84.7 Å². The molecule has 3 nitrogen and oxygen atoms in total. The normalized spacial score (nSPS) is 15.0. The molecule has 0 aliphatic carbocycles. The Labute approximate surface area is 216 Å². The Bertz CT molecular complexity index is 883. The number of hydrogen-bond donors (Lipinski definition) is 0. The van der Waals surface area contributed by atoms with Crippen LogP contribution in [0.4, 0.5) is 0 Å². The third-order valence-corrected chi connectivity index (χ3v) is 17.2. The van der Waals surface area contributed by atoms with Gasteiger partial charge in [-0.2, -0.15) is 0 Å². The van der Waals surface area contributed by atoms with Crippen LogP contribution >= 0.6 is 0 Å². The molecule has 2 rings (SSSR count). The van der Waals surface area contributed by atoms with Crippen molar-refractivity contribution in [1.82, 2.24) is 0 Å². The molecule has 2 aromatic rings. The highest BCUT2D eigenvalue weighted by Crippen LogP contribution is 2.37. The molecule has 0 radical (unpaired) electrons. The summed E-state index contributed by atoms with van der Waals surface area (Å²) >= 11 is 0. The molecule has 2 aromatic carbocycles. The van der Waals surface area contributed by atoms with E-state index in [2.05, 4.69) is 115 Å². The lowest BCUT2D eigenvalue weighted by atomic mass is 10.00. The van der Waals surface area contributed by atoms with Gasteiger partial charge in [-0.25, -0.2) is 0 Å². The lowest BCUT2D eigenvalue weighted by Crippen LogP contribution is -2.66. The van der Waals surface area contributed by atoms with Gasteiger partial charge in [-0.1, -0.05) is 115 Å². The van der Waals surface area contributed by atoms with Gasteiger partial charge in [-0.05, 0) is 46.0 Å². The van der Waals surface area contributed by atoms with Crippen LogP contribution in [0.1, 0.15) is 55.4 Å². The summed E-state index contributed by atoms with van der Waals surface area (Å²) in [5.41, 5.74) is 1.09. The highest BCUT2D eigenvalue weighted by Gasteiger charge is 2.50. The molecular weight excluding hydrogens is 464 g/mol. The van der Waals surface area contributed by atoms with Gasteiger partial charge in [0.15, 0.2) is 8.32 Å². The van der Waals surface area contributed by atoms with Crippen LogP contribution < -0.4 is 10.4 Å². The van der Waals surface area contributed by atoms with Crippen molar-refractivity contribution in [2.75, 3.05) is 6.61 Å². The van der Waals surface area contributed by atoms with Crippen LogP contribution in [0.2, 0.25) is 23.2 Å². The standard InChI is InChI=1S/C30H46O3Si2/c1-9-34(10-2,11-3)33-29(26(5)24-31)25(4)22-23-32-35(30(6,7)8,27-18-14-12-15-19-27)28-20-16-13-17-21-28/h12-22,24,26,29H,9-11,23H2,1-8H3/b25-22-/t26-,29+/m1/s1. The molecule has 0 amide bonds. The van der Waals surface area contributed by atoms with E-state index in [1.165, 1.54) is 10.4 Å². The summed E-state index contributed by atoms with van der Waals surface area (Å²) in [7, 11) is -4.47. The van der Waals surface area contributed by atoms with E-state index < -0.39 is 16.6 Å². The molecule has 0 aromatic heterocycles. The number of rotatable bonds is 13. The van der Waals surface area contributed by atoms with Gasteiger partial charge < -0.3 is 13.6 Å². The Balaban J connectivity index is 2.46. The van der Waals surface area contributed by atoms with Crippen LogP contribution in [0.3, 0.4) is 0 Å². The third-order valence-electron chi connectivity index (χ3n) is 7.57. The van der Waals surface area contributed by atoms with E-state index in [1.807, 2.05) is 6.92 Å². The molecule has 0 unspecified atom stereocenters. The maximum Gasteiger partial charge on any atom is 0.261 e. The summed E-state index contributed by atoms with van der Waals surface area (Å²) in [6, 6.07) is 24.6. The minimum atomic E-state index is -2.60. The van der Waals surface area contributed by atoms with Crippen LogP contribution in [0.15, 0.2) is 72.3 Å². The van der Waals surface area contributed by atoms with Crippen molar-refractivity contribution in [2.24, 2.45) is 5.92 Å². The topological polar surface area (TPSA) is 35.5 Å². The van der Waals surface area contributed by atoms with Gasteiger partial charge in [0.05, 0.1) is 12.7 Å². The second-order valence-corrected chi connectivity index (χ2v) is 19.7. The molecular formula is C30H46O3Si2. The molecule has 0 saturated heterocycles. The fraction of sp³-hybridized carbons (Fsp3) is 0.500. The minimum Gasteiger partial charge on any atom is -0.410 e. The van der Waals surface area contributed by atoms with Gasteiger partial charge in [0.25, 0.3) is 8.32 Å². The maximum atomic E-state index is 11.8. The van der Waals surface area contributed by atoms with Crippen molar-refractivity contribution in [1.29, 1.82) is 0 Å². The Kier molecular flexibility index (Phi) is 10.9. The second-order valence-electron chi connectivity index (χ2n) is 10.7. The van der Waals surface area contributed by atoms with E-state index in [-0.39, 0.29) is 17.1 Å². The zero-order chi connectivity index (χ0) is 26.1. The molecule has 0 N–H and O–H groups in total. The maximum absolute atomic E-state index is 11.8. The lowest BCUT2D eigenvalue weighted by molar-refractivity contribution is -0.112. The van der Waals surface area contributed by atoms with Crippen LogP contribution in [-0.2, 0) is 13.6 Å². The molecule has 35 heavy (non-hydrogen) atoms. The first-order valence-corrected chi connectivity index (χ1v) is 17.6. The first kappa shape index (κ1) is 29.4. The predicted molar refractivity (Wildman–Crippen MR) is 155 cm³/mol.